The number of hydrogen-bond donors (Lipinski definition) is 2. The third-order valence-electron chi connectivity index (χ3n) is 4.50. The molecule has 152 valence electrons. The second-order valence-corrected chi connectivity index (χ2v) is 6.80. The molecule has 7 nitrogen and oxygen atoms in total. The fraction of sp³-hybridized carbons (Fsp3) is 0.421. The molecule has 1 aromatic carbocycles. The van der Waals surface area contributed by atoms with E-state index in [2.05, 4.69) is 35.4 Å². The first-order valence-corrected chi connectivity index (χ1v) is 9.55. The average molecular weight is 516 g/mol. The Morgan fingerprint density at radius 2 is 1.86 bits per heavy atom. The summed E-state index contributed by atoms with van der Waals surface area (Å²) in [5.41, 5.74) is 1.13. The minimum atomic E-state index is 0. The van der Waals surface area contributed by atoms with E-state index >= 15 is 0 Å². The fourth-order valence-electron chi connectivity index (χ4n) is 3.01. The number of nitrogens with one attached hydrogen (secondary N) is 2. The highest BCUT2D eigenvalue weighted by atomic mass is 127. The molecular formula is C19H27ClIN7. The largest absolute Gasteiger partial charge is 0.355 e. The van der Waals surface area contributed by atoms with Gasteiger partial charge in [-0.2, -0.15) is 0 Å². The molecule has 0 bridgehead atoms. The number of rotatable bonds is 6. The van der Waals surface area contributed by atoms with E-state index in [0.29, 0.717) is 6.54 Å². The summed E-state index contributed by atoms with van der Waals surface area (Å²) in [7, 11) is 1.78. The van der Waals surface area contributed by atoms with E-state index in [0.717, 1.165) is 61.8 Å². The van der Waals surface area contributed by atoms with Gasteiger partial charge in [0.05, 0.1) is 0 Å². The van der Waals surface area contributed by atoms with Crippen LogP contribution < -0.4 is 15.5 Å². The molecule has 0 aliphatic carbocycles. The third-order valence-corrected chi connectivity index (χ3v) is 4.74. The lowest BCUT2D eigenvalue weighted by molar-refractivity contribution is 0.260. The highest BCUT2D eigenvalue weighted by Gasteiger charge is 2.18. The van der Waals surface area contributed by atoms with Crippen LogP contribution in [0.3, 0.4) is 0 Å². The van der Waals surface area contributed by atoms with Gasteiger partial charge in [0.1, 0.15) is 0 Å². The van der Waals surface area contributed by atoms with E-state index in [4.69, 9.17) is 11.6 Å². The van der Waals surface area contributed by atoms with Crippen molar-refractivity contribution in [3.8, 4) is 0 Å². The molecule has 1 saturated heterocycles. The first kappa shape index (κ1) is 22.6. The van der Waals surface area contributed by atoms with Crippen molar-refractivity contribution in [3.63, 3.8) is 0 Å². The zero-order chi connectivity index (χ0) is 18.9. The molecule has 0 amide bonds. The lowest BCUT2D eigenvalue weighted by Crippen LogP contribution is -2.49. The summed E-state index contributed by atoms with van der Waals surface area (Å²) in [5, 5.41) is 7.43. The van der Waals surface area contributed by atoms with Gasteiger partial charge in [-0.3, -0.25) is 9.89 Å². The zero-order valence-electron chi connectivity index (χ0n) is 16.0. The highest BCUT2D eigenvalue weighted by molar-refractivity contribution is 14.0. The maximum absolute atomic E-state index is 6.02. The van der Waals surface area contributed by atoms with Gasteiger partial charge >= 0.3 is 0 Å². The van der Waals surface area contributed by atoms with Gasteiger partial charge in [0, 0.05) is 70.3 Å². The number of anilines is 1. The normalized spacial score (nSPS) is 15.1. The van der Waals surface area contributed by atoms with Crippen LogP contribution in [0.15, 0.2) is 47.7 Å². The van der Waals surface area contributed by atoms with Crippen molar-refractivity contribution in [2.45, 2.75) is 6.54 Å². The SMILES string of the molecule is CN=C(NCCN1CCN(c2ncccn2)CC1)NCc1cccc(Cl)c1.I. The summed E-state index contributed by atoms with van der Waals surface area (Å²) in [6.07, 6.45) is 3.58. The highest BCUT2D eigenvalue weighted by Crippen LogP contribution is 2.10. The quantitative estimate of drug-likeness (QED) is 0.349. The van der Waals surface area contributed by atoms with Crippen LogP contribution in [0.1, 0.15) is 5.56 Å². The Kier molecular flexibility index (Phi) is 9.72. The van der Waals surface area contributed by atoms with Gasteiger partial charge < -0.3 is 15.5 Å². The molecule has 0 unspecified atom stereocenters. The molecule has 9 heteroatoms. The minimum absolute atomic E-state index is 0. The number of piperazine rings is 1. The minimum Gasteiger partial charge on any atom is -0.355 e. The van der Waals surface area contributed by atoms with Crippen molar-refractivity contribution in [2.75, 3.05) is 51.2 Å². The fourth-order valence-corrected chi connectivity index (χ4v) is 3.22. The predicted molar refractivity (Wildman–Crippen MR) is 126 cm³/mol. The number of halogens is 2. The van der Waals surface area contributed by atoms with Gasteiger partial charge in [-0.05, 0) is 23.8 Å². The number of aliphatic imine (C=N–C) groups is 1. The van der Waals surface area contributed by atoms with Crippen LogP contribution in [-0.2, 0) is 6.54 Å². The third kappa shape index (κ3) is 7.06. The van der Waals surface area contributed by atoms with Crippen molar-refractivity contribution in [3.05, 3.63) is 53.3 Å². The lowest BCUT2D eigenvalue weighted by atomic mass is 10.2. The van der Waals surface area contributed by atoms with Crippen molar-refractivity contribution in [1.29, 1.82) is 0 Å². The monoisotopic (exact) mass is 515 g/mol. The summed E-state index contributed by atoms with van der Waals surface area (Å²) in [5.74, 6) is 1.62. The Morgan fingerprint density at radius 1 is 1.11 bits per heavy atom. The summed E-state index contributed by atoms with van der Waals surface area (Å²) < 4.78 is 0. The Labute approximate surface area is 188 Å². The Hall–Kier alpha value is -1.65. The number of guanidine groups is 1. The van der Waals surface area contributed by atoms with Crippen LogP contribution >= 0.6 is 35.6 Å². The molecule has 0 spiro atoms. The van der Waals surface area contributed by atoms with Crippen LogP contribution in [0.25, 0.3) is 0 Å². The van der Waals surface area contributed by atoms with E-state index in [9.17, 15) is 0 Å². The summed E-state index contributed by atoms with van der Waals surface area (Å²) in [6, 6.07) is 9.68. The van der Waals surface area contributed by atoms with Crippen LogP contribution in [0.4, 0.5) is 5.95 Å². The lowest BCUT2D eigenvalue weighted by Gasteiger charge is -2.34. The van der Waals surface area contributed by atoms with E-state index in [1.807, 2.05) is 30.3 Å². The van der Waals surface area contributed by atoms with E-state index < -0.39 is 0 Å². The van der Waals surface area contributed by atoms with Crippen LogP contribution in [-0.4, -0.2) is 67.1 Å². The Morgan fingerprint density at radius 3 is 2.54 bits per heavy atom. The second kappa shape index (κ2) is 12.0. The molecule has 0 saturated carbocycles. The topological polar surface area (TPSA) is 68.7 Å². The van der Waals surface area contributed by atoms with Gasteiger partial charge in [-0.25, -0.2) is 9.97 Å². The zero-order valence-corrected chi connectivity index (χ0v) is 19.1. The Balaban J connectivity index is 0.00000280. The molecule has 1 aliphatic rings. The molecule has 1 aliphatic heterocycles. The maximum Gasteiger partial charge on any atom is 0.225 e. The molecule has 28 heavy (non-hydrogen) atoms. The summed E-state index contributed by atoms with van der Waals surface area (Å²) in [6.45, 7) is 6.43. The second-order valence-electron chi connectivity index (χ2n) is 6.36. The standard InChI is InChI=1S/C19H26ClN7.HI/c1-21-18(25-15-16-4-2-5-17(20)14-16)22-8-9-26-10-12-27(13-11-26)19-23-6-3-7-24-19;/h2-7,14H,8-13,15H2,1H3,(H2,21,22,25);1H. The summed E-state index contributed by atoms with van der Waals surface area (Å²) >= 11 is 6.02. The molecule has 0 atom stereocenters. The van der Waals surface area contributed by atoms with Crippen molar-refractivity contribution in [1.82, 2.24) is 25.5 Å². The number of aromatic nitrogens is 2. The van der Waals surface area contributed by atoms with Crippen LogP contribution in [0.2, 0.25) is 5.02 Å². The smallest absolute Gasteiger partial charge is 0.225 e. The van der Waals surface area contributed by atoms with E-state index in [1.165, 1.54) is 0 Å². The van der Waals surface area contributed by atoms with Crippen molar-refractivity contribution >= 4 is 47.5 Å². The molecule has 2 aromatic rings. The van der Waals surface area contributed by atoms with Gasteiger partial charge in [-0.1, -0.05) is 23.7 Å². The number of hydrogen-bond acceptors (Lipinski definition) is 5. The first-order valence-electron chi connectivity index (χ1n) is 9.18. The Bertz CT molecular complexity index is 736. The van der Waals surface area contributed by atoms with Crippen molar-refractivity contribution in [2.24, 2.45) is 4.99 Å². The molecule has 1 aromatic heterocycles. The van der Waals surface area contributed by atoms with Gasteiger partial charge in [-0.15, -0.1) is 24.0 Å². The molecule has 2 heterocycles. The van der Waals surface area contributed by atoms with Crippen LogP contribution in [0.5, 0.6) is 0 Å². The molecule has 1 fully saturated rings. The van der Waals surface area contributed by atoms with Gasteiger partial charge in [0.2, 0.25) is 5.95 Å². The number of benzene rings is 1. The summed E-state index contributed by atoms with van der Waals surface area (Å²) in [4.78, 5) is 17.6. The molecule has 2 N–H and O–H groups in total. The molecule has 3 rings (SSSR count). The van der Waals surface area contributed by atoms with Gasteiger partial charge in [0.15, 0.2) is 5.96 Å². The van der Waals surface area contributed by atoms with E-state index in [1.54, 1.807) is 19.4 Å². The van der Waals surface area contributed by atoms with Crippen LogP contribution in [0, 0.1) is 0 Å². The molecular weight excluding hydrogens is 489 g/mol. The first-order chi connectivity index (χ1) is 13.2. The average Bonchev–Trinajstić information content (AvgIpc) is 2.72. The van der Waals surface area contributed by atoms with Gasteiger partial charge in [0.25, 0.3) is 0 Å². The number of nitrogens with zero attached hydrogens (tertiary/aromatic N) is 5. The predicted octanol–water partition coefficient (Wildman–Crippen LogP) is 2.24. The van der Waals surface area contributed by atoms with E-state index in [-0.39, 0.29) is 24.0 Å². The maximum atomic E-state index is 6.02. The van der Waals surface area contributed by atoms with Crippen molar-refractivity contribution < 1.29 is 0 Å². The molecule has 0 radical (unpaired) electrons.